The summed E-state index contributed by atoms with van der Waals surface area (Å²) < 4.78 is 0. The maximum atomic E-state index is 3.61. The highest BCUT2D eigenvalue weighted by Gasteiger charge is 2.43. The largest absolute Gasteiger partial charge is 0.358 e. The van der Waals surface area contributed by atoms with Crippen LogP contribution in [0.25, 0.3) is 10.9 Å². The zero-order valence-corrected chi connectivity index (χ0v) is 12.1. The SMILES string of the molecule is Cc1cc2ccc3c(c2[nH]1)[C@H](C)CC31CCCCC1. The van der Waals surface area contributed by atoms with Gasteiger partial charge in [0.05, 0.1) is 0 Å². The molecule has 1 saturated carbocycles. The van der Waals surface area contributed by atoms with Gasteiger partial charge in [0.1, 0.15) is 0 Å². The molecule has 19 heavy (non-hydrogen) atoms. The Hall–Kier alpha value is -1.24. The van der Waals surface area contributed by atoms with Crippen LogP contribution in [0, 0.1) is 6.92 Å². The summed E-state index contributed by atoms with van der Waals surface area (Å²) in [4.78, 5) is 3.61. The Morgan fingerprint density at radius 2 is 1.95 bits per heavy atom. The third-order valence-electron chi connectivity index (χ3n) is 5.54. The van der Waals surface area contributed by atoms with E-state index in [2.05, 4.69) is 37.0 Å². The van der Waals surface area contributed by atoms with Gasteiger partial charge in [-0.2, -0.15) is 0 Å². The van der Waals surface area contributed by atoms with Gasteiger partial charge in [-0.05, 0) is 60.1 Å². The smallest absolute Gasteiger partial charge is 0.0494 e. The standard InChI is InChI=1S/C18H23N/c1-12-11-18(8-4-3-5-9-18)15-7-6-14-10-13(2)19-17(14)16(12)15/h6-7,10,12,19H,3-5,8-9,11H2,1-2H3/t12-/m1/s1. The monoisotopic (exact) mass is 253 g/mol. The van der Waals surface area contributed by atoms with Gasteiger partial charge >= 0.3 is 0 Å². The predicted octanol–water partition coefficient (Wildman–Crippen LogP) is 5.19. The van der Waals surface area contributed by atoms with E-state index in [1.165, 1.54) is 55.1 Å². The molecule has 0 bridgehead atoms. The Morgan fingerprint density at radius 3 is 2.74 bits per heavy atom. The molecular weight excluding hydrogens is 230 g/mol. The summed E-state index contributed by atoms with van der Waals surface area (Å²) in [6, 6.07) is 7.07. The lowest BCUT2D eigenvalue weighted by Crippen LogP contribution is -2.26. The first-order valence-corrected chi connectivity index (χ1v) is 7.82. The molecule has 0 aliphatic heterocycles. The second-order valence-electron chi connectivity index (χ2n) is 6.89. The zero-order valence-electron chi connectivity index (χ0n) is 12.1. The lowest BCUT2D eigenvalue weighted by atomic mass is 9.70. The molecule has 0 amide bonds. The summed E-state index contributed by atoms with van der Waals surface area (Å²) in [6.45, 7) is 4.60. The summed E-state index contributed by atoms with van der Waals surface area (Å²) in [5.74, 6) is 0.717. The summed E-state index contributed by atoms with van der Waals surface area (Å²) in [5.41, 5.74) is 6.53. The lowest BCUT2D eigenvalue weighted by Gasteiger charge is -2.34. The van der Waals surface area contributed by atoms with Gasteiger partial charge < -0.3 is 4.98 Å². The molecule has 2 aliphatic rings. The fraction of sp³-hybridized carbons (Fsp3) is 0.556. The molecule has 1 heterocycles. The van der Waals surface area contributed by atoms with Crippen LogP contribution in [-0.2, 0) is 5.41 Å². The predicted molar refractivity (Wildman–Crippen MR) is 80.8 cm³/mol. The maximum Gasteiger partial charge on any atom is 0.0494 e. The van der Waals surface area contributed by atoms with Crippen molar-refractivity contribution in [1.82, 2.24) is 4.98 Å². The normalized spacial score (nSPS) is 25.1. The molecule has 1 aromatic heterocycles. The van der Waals surface area contributed by atoms with Crippen molar-refractivity contribution in [2.75, 3.05) is 0 Å². The van der Waals surface area contributed by atoms with E-state index < -0.39 is 0 Å². The second-order valence-corrected chi connectivity index (χ2v) is 6.89. The van der Waals surface area contributed by atoms with Crippen LogP contribution in [0.4, 0.5) is 0 Å². The highest BCUT2D eigenvalue weighted by Crippen LogP contribution is 2.54. The number of benzene rings is 1. The maximum absolute atomic E-state index is 3.61. The molecule has 2 aromatic rings. The van der Waals surface area contributed by atoms with Crippen molar-refractivity contribution >= 4 is 10.9 Å². The Bertz CT molecular complexity index is 628. The van der Waals surface area contributed by atoms with E-state index in [-0.39, 0.29) is 0 Å². The topological polar surface area (TPSA) is 15.8 Å². The third-order valence-corrected chi connectivity index (χ3v) is 5.54. The number of aryl methyl sites for hydroxylation is 1. The van der Waals surface area contributed by atoms with Crippen LogP contribution in [0.3, 0.4) is 0 Å². The number of fused-ring (bicyclic) bond motifs is 4. The van der Waals surface area contributed by atoms with Crippen LogP contribution in [0.15, 0.2) is 18.2 Å². The van der Waals surface area contributed by atoms with E-state index in [1.54, 1.807) is 11.1 Å². The zero-order chi connectivity index (χ0) is 13.0. The van der Waals surface area contributed by atoms with E-state index in [9.17, 15) is 0 Å². The first-order valence-electron chi connectivity index (χ1n) is 7.82. The van der Waals surface area contributed by atoms with Crippen molar-refractivity contribution in [2.45, 2.75) is 63.7 Å². The number of rotatable bonds is 0. The molecule has 1 aromatic carbocycles. The average molecular weight is 253 g/mol. The second kappa shape index (κ2) is 3.88. The molecule has 2 aliphatic carbocycles. The molecule has 4 rings (SSSR count). The quantitative estimate of drug-likeness (QED) is 0.665. The van der Waals surface area contributed by atoms with Crippen molar-refractivity contribution in [3.05, 3.63) is 35.0 Å². The number of aromatic amines is 1. The first-order chi connectivity index (χ1) is 9.20. The Morgan fingerprint density at radius 1 is 1.16 bits per heavy atom. The van der Waals surface area contributed by atoms with Crippen LogP contribution >= 0.6 is 0 Å². The number of H-pyrrole nitrogens is 1. The van der Waals surface area contributed by atoms with Crippen LogP contribution < -0.4 is 0 Å². The van der Waals surface area contributed by atoms with Gasteiger partial charge in [0.25, 0.3) is 0 Å². The van der Waals surface area contributed by atoms with Crippen molar-refractivity contribution in [3.8, 4) is 0 Å². The van der Waals surface area contributed by atoms with Crippen LogP contribution in [0.5, 0.6) is 0 Å². The highest BCUT2D eigenvalue weighted by atomic mass is 14.7. The van der Waals surface area contributed by atoms with Gasteiger partial charge in [0, 0.05) is 11.2 Å². The molecule has 1 fully saturated rings. The van der Waals surface area contributed by atoms with Crippen molar-refractivity contribution in [3.63, 3.8) is 0 Å². The van der Waals surface area contributed by atoms with Gasteiger partial charge in [-0.3, -0.25) is 0 Å². The van der Waals surface area contributed by atoms with Gasteiger partial charge in [-0.25, -0.2) is 0 Å². The minimum atomic E-state index is 0.514. The fourth-order valence-corrected chi connectivity index (χ4v) is 4.84. The lowest BCUT2D eigenvalue weighted by molar-refractivity contribution is 0.283. The summed E-state index contributed by atoms with van der Waals surface area (Å²) in [6.07, 6.45) is 8.49. The van der Waals surface area contributed by atoms with E-state index in [4.69, 9.17) is 0 Å². The average Bonchev–Trinajstić information content (AvgIpc) is 2.89. The Kier molecular flexibility index (Phi) is 2.36. The van der Waals surface area contributed by atoms with Gasteiger partial charge in [0.2, 0.25) is 0 Å². The van der Waals surface area contributed by atoms with Crippen LogP contribution in [0.1, 0.15) is 68.2 Å². The Labute approximate surface area is 115 Å². The van der Waals surface area contributed by atoms with Crippen LogP contribution in [-0.4, -0.2) is 4.98 Å². The molecule has 1 atom stereocenters. The van der Waals surface area contributed by atoms with Gasteiger partial charge in [0.15, 0.2) is 0 Å². The van der Waals surface area contributed by atoms with Crippen molar-refractivity contribution in [2.24, 2.45) is 0 Å². The number of hydrogen-bond donors (Lipinski definition) is 1. The summed E-state index contributed by atoms with van der Waals surface area (Å²) >= 11 is 0. The molecule has 0 unspecified atom stereocenters. The number of aromatic nitrogens is 1. The number of nitrogens with one attached hydrogen (secondary N) is 1. The van der Waals surface area contributed by atoms with E-state index in [0.29, 0.717) is 5.41 Å². The third kappa shape index (κ3) is 1.54. The fourth-order valence-electron chi connectivity index (χ4n) is 4.84. The molecule has 100 valence electrons. The van der Waals surface area contributed by atoms with Gasteiger partial charge in [-0.15, -0.1) is 0 Å². The van der Waals surface area contributed by atoms with Crippen molar-refractivity contribution in [1.29, 1.82) is 0 Å². The van der Waals surface area contributed by atoms with E-state index in [0.717, 1.165) is 5.92 Å². The molecular formula is C18H23N. The first kappa shape index (κ1) is 11.6. The minimum Gasteiger partial charge on any atom is -0.358 e. The molecule has 0 radical (unpaired) electrons. The summed E-state index contributed by atoms with van der Waals surface area (Å²) in [7, 11) is 0. The Balaban J connectivity index is 1.95. The molecule has 1 heteroatoms. The van der Waals surface area contributed by atoms with Crippen LogP contribution in [0.2, 0.25) is 0 Å². The number of hydrogen-bond acceptors (Lipinski definition) is 0. The molecule has 0 saturated heterocycles. The molecule has 1 spiro atoms. The molecule has 1 N–H and O–H groups in total. The highest BCUT2D eigenvalue weighted by molar-refractivity contribution is 5.86. The summed E-state index contributed by atoms with van der Waals surface area (Å²) in [5, 5.41) is 1.40. The van der Waals surface area contributed by atoms with E-state index >= 15 is 0 Å². The van der Waals surface area contributed by atoms with Gasteiger partial charge in [-0.1, -0.05) is 38.3 Å². The minimum absolute atomic E-state index is 0.514. The van der Waals surface area contributed by atoms with E-state index in [1.807, 2.05) is 0 Å². The van der Waals surface area contributed by atoms with Crippen molar-refractivity contribution < 1.29 is 0 Å². The molecule has 1 nitrogen and oxygen atoms in total.